The van der Waals surface area contributed by atoms with Gasteiger partial charge in [-0.05, 0) is 14.0 Å². The van der Waals surface area contributed by atoms with Gasteiger partial charge in [-0.2, -0.15) is 5.26 Å². The Kier molecular flexibility index (Phi) is 9.15. The summed E-state index contributed by atoms with van der Waals surface area (Å²) in [5, 5.41) is 18.2. The fraction of sp³-hybridized carbons (Fsp3) is 0.909. The predicted octanol–water partition coefficient (Wildman–Crippen LogP) is 0.244. The Hall–Kier alpha value is -0.670. The molecule has 0 radical (unpaired) electrons. The molecule has 0 aliphatic rings. The molecule has 0 amide bonds. The van der Waals surface area contributed by atoms with Crippen LogP contribution in [0.5, 0.6) is 0 Å². The molecule has 0 aromatic rings. The average Bonchev–Trinajstić information content (AvgIpc) is 2.24. The van der Waals surface area contributed by atoms with E-state index in [2.05, 4.69) is 6.07 Å². The number of nitriles is 1. The minimum absolute atomic E-state index is 0.152. The van der Waals surface area contributed by atoms with Crippen LogP contribution < -0.4 is 0 Å². The van der Waals surface area contributed by atoms with Gasteiger partial charge in [0, 0.05) is 19.7 Å². The highest BCUT2D eigenvalue weighted by molar-refractivity contribution is 4.79. The molecule has 1 N–H and O–H groups in total. The quantitative estimate of drug-likeness (QED) is 0.575. The molecule has 0 aliphatic heterocycles. The van der Waals surface area contributed by atoms with Gasteiger partial charge >= 0.3 is 0 Å². The number of aliphatic hydroxyl groups is 1. The lowest BCUT2D eigenvalue weighted by Gasteiger charge is -2.25. The van der Waals surface area contributed by atoms with Gasteiger partial charge in [0.15, 0.2) is 0 Å². The molecular weight excluding hydrogens is 208 g/mol. The number of aliphatic hydroxyl groups excluding tert-OH is 1. The molecule has 0 aromatic heterocycles. The second kappa shape index (κ2) is 9.55. The fourth-order valence-electron chi connectivity index (χ4n) is 1.21. The second-order valence-corrected chi connectivity index (χ2v) is 3.87. The van der Waals surface area contributed by atoms with E-state index in [-0.39, 0.29) is 6.04 Å². The summed E-state index contributed by atoms with van der Waals surface area (Å²) < 4.78 is 10.0. The van der Waals surface area contributed by atoms with Crippen LogP contribution in [0.3, 0.4) is 0 Å². The molecule has 94 valence electrons. The Labute approximate surface area is 97.6 Å². The second-order valence-electron chi connectivity index (χ2n) is 3.87. The van der Waals surface area contributed by atoms with Gasteiger partial charge in [-0.3, -0.25) is 0 Å². The van der Waals surface area contributed by atoms with Crippen LogP contribution in [0.25, 0.3) is 0 Å². The van der Waals surface area contributed by atoms with Crippen LogP contribution in [-0.2, 0) is 9.47 Å². The van der Waals surface area contributed by atoms with E-state index in [4.69, 9.17) is 14.7 Å². The van der Waals surface area contributed by atoms with Gasteiger partial charge in [-0.1, -0.05) is 0 Å². The maximum absolute atomic E-state index is 9.65. The fourth-order valence-corrected chi connectivity index (χ4v) is 1.21. The van der Waals surface area contributed by atoms with E-state index in [1.54, 1.807) is 7.11 Å². The first-order valence-corrected chi connectivity index (χ1v) is 5.43. The molecular formula is C11H22N2O3. The van der Waals surface area contributed by atoms with Crippen molar-refractivity contribution in [2.75, 3.05) is 40.5 Å². The van der Waals surface area contributed by atoms with Gasteiger partial charge in [0.1, 0.15) is 0 Å². The van der Waals surface area contributed by atoms with Gasteiger partial charge in [0.2, 0.25) is 0 Å². The van der Waals surface area contributed by atoms with E-state index in [0.717, 1.165) is 0 Å². The minimum Gasteiger partial charge on any atom is -0.389 e. The molecule has 2 atom stereocenters. The average molecular weight is 230 g/mol. The SMILES string of the molecule is COCCOCC(O)CN(C)C(C)CC#N. The van der Waals surface area contributed by atoms with Crippen LogP contribution in [0, 0.1) is 11.3 Å². The van der Waals surface area contributed by atoms with Crippen LogP contribution in [0.4, 0.5) is 0 Å². The lowest BCUT2D eigenvalue weighted by atomic mass is 10.2. The number of nitrogens with zero attached hydrogens (tertiary/aromatic N) is 2. The molecule has 0 aromatic carbocycles. The van der Waals surface area contributed by atoms with Crippen molar-refractivity contribution in [1.82, 2.24) is 4.90 Å². The highest BCUT2D eigenvalue weighted by Crippen LogP contribution is 2.01. The number of hydrogen-bond donors (Lipinski definition) is 1. The molecule has 16 heavy (non-hydrogen) atoms. The molecule has 0 spiro atoms. The third kappa shape index (κ3) is 7.60. The van der Waals surface area contributed by atoms with Crippen molar-refractivity contribution in [1.29, 1.82) is 5.26 Å². The summed E-state index contributed by atoms with van der Waals surface area (Å²) in [6.45, 7) is 3.79. The first-order chi connectivity index (χ1) is 7.61. The summed E-state index contributed by atoms with van der Waals surface area (Å²) in [6.07, 6.45) is -0.0590. The molecule has 2 unspecified atom stereocenters. The Bertz CT molecular complexity index is 206. The Morgan fingerprint density at radius 3 is 2.69 bits per heavy atom. The molecule has 0 bridgehead atoms. The van der Waals surface area contributed by atoms with E-state index in [1.807, 2.05) is 18.9 Å². The number of methoxy groups -OCH3 is 1. The molecule has 5 heteroatoms. The smallest absolute Gasteiger partial charge is 0.0900 e. The summed E-state index contributed by atoms with van der Waals surface area (Å²) in [6, 6.07) is 2.26. The first-order valence-electron chi connectivity index (χ1n) is 5.43. The van der Waals surface area contributed by atoms with Crippen molar-refractivity contribution in [2.24, 2.45) is 0 Å². The van der Waals surface area contributed by atoms with Crippen LogP contribution >= 0.6 is 0 Å². The Morgan fingerprint density at radius 2 is 2.12 bits per heavy atom. The Morgan fingerprint density at radius 1 is 1.44 bits per heavy atom. The van der Waals surface area contributed by atoms with E-state index >= 15 is 0 Å². The van der Waals surface area contributed by atoms with Crippen molar-refractivity contribution in [3.8, 4) is 6.07 Å². The molecule has 0 heterocycles. The van der Waals surface area contributed by atoms with Gasteiger partial charge in [0.25, 0.3) is 0 Å². The first kappa shape index (κ1) is 15.3. The minimum atomic E-state index is -0.525. The number of rotatable bonds is 9. The van der Waals surface area contributed by atoms with Crippen LogP contribution in [-0.4, -0.2) is 62.7 Å². The topological polar surface area (TPSA) is 65.7 Å². The van der Waals surface area contributed by atoms with Crippen molar-refractivity contribution >= 4 is 0 Å². The summed E-state index contributed by atoms with van der Waals surface area (Å²) in [7, 11) is 3.50. The summed E-state index contributed by atoms with van der Waals surface area (Å²) >= 11 is 0. The van der Waals surface area contributed by atoms with E-state index in [0.29, 0.717) is 32.8 Å². The maximum Gasteiger partial charge on any atom is 0.0900 e. The van der Waals surface area contributed by atoms with Gasteiger partial charge in [-0.25, -0.2) is 0 Å². The highest BCUT2D eigenvalue weighted by atomic mass is 16.5. The highest BCUT2D eigenvalue weighted by Gasteiger charge is 2.13. The largest absolute Gasteiger partial charge is 0.389 e. The third-order valence-corrected chi connectivity index (χ3v) is 2.38. The summed E-state index contributed by atoms with van der Waals surface area (Å²) in [4.78, 5) is 1.95. The van der Waals surface area contributed by atoms with E-state index in [1.165, 1.54) is 0 Å². The molecule has 0 saturated carbocycles. The van der Waals surface area contributed by atoms with Crippen LogP contribution in [0.2, 0.25) is 0 Å². The van der Waals surface area contributed by atoms with Crippen LogP contribution in [0.1, 0.15) is 13.3 Å². The zero-order valence-corrected chi connectivity index (χ0v) is 10.3. The predicted molar refractivity (Wildman–Crippen MR) is 61.0 cm³/mol. The molecule has 0 saturated heterocycles. The van der Waals surface area contributed by atoms with Crippen molar-refractivity contribution in [3.63, 3.8) is 0 Å². The van der Waals surface area contributed by atoms with Crippen molar-refractivity contribution in [2.45, 2.75) is 25.5 Å². The molecule has 0 rings (SSSR count). The molecule has 0 fully saturated rings. The van der Waals surface area contributed by atoms with Gasteiger partial charge < -0.3 is 19.5 Å². The lowest BCUT2D eigenvalue weighted by molar-refractivity contribution is -0.00124. The van der Waals surface area contributed by atoms with E-state index in [9.17, 15) is 5.11 Å². The van der Waals surface area contributed by atoms with E-state index < -0.39 is 6.10 Å². The summed E-state index contributed by atoms with van der Waals surface area (Å²) in [5.41, 5.74) is 0. The zero-order chi connectivity index (χ0) is 12.4. The zero-order valence-electron chi connectivity index (χ0n) is 10.3. The van der Waals surface area contributed by atoms with Crippen LogP contribution in [0.15, 0.2) is 0 Å². The molecule has 0 aliphatic carbocycles. The van der Waals surface area contributed by atoms with Crippen molar-refractivity contribution < 1.29 is 14.6 Å². The van der Waals surface area contributed by atoms with Gasteiger partial charge in [0.05, 0.1) is 38.4 Å². The monoisotopic (exact) mass is 230 g/mol. The lowest BCUT2D eigenvalue weighted by Crippen LogP contribution is -2.37. The molecule has 5 nitrogen and oxygen atoms in total. The standard InChI is InChI=1S/C11H22N2O3/c1-10(4-5-12)13(2)8-11(14)9-16-7-6-15-3/h10-11,14H,4,6-9H2,1-3H3. The number of ether oxygens (including phenoxy) is 2. The Balaban J connectivity index is 3.61. The summed E-state index contributed by atoms with van der Waals surface area (Å²) in [5.74, 6) is 0. The van der Waals surface area contributed by atoms with Crippen molar-refractivity contribution in [3.05, 3.63) is 0 Å². The number of hydrogen-bond acceptors (Lipinski definition) is 5. The normalized spacial score (nSPS) is 14.8. The van der Waals surface area contributed by atoms with Gasteiger partial charge in [-0.15, -0.1) is 0 Å². The maximum atomic E-state index is 9.65. The third-order valence-electron chi connectivity index (χ3n) is 2.38. The number of likely N-dealkylation sites (N-methyl/N-ethyl adjacent to an activating group) is 1.